The van der Waals surface area contributed by atoms with Crippen molar-refractivity contribution in [2.45, 2.75) is 58.7 Å². The second-order valence-electron chi connectivity index (χ2n) is 7.50. The SMILES string of the molecule is CC(=O)O[C@@H]1C=CC(=O)C23CC(=O)O[C@@]2(/C=C(\C)CCC=C(C)C)C13. The van der Waals surface area contributed by atoms with Crippen molar-refractivity contribution in [1.29, 1.82) is 0 Å². The van der Waals surface area contributed by atoms with Crippen LogP contribution in [-0.4, -0.2) is 29.4 Å². The van der Waals surface area contributed by atoms with E-state index in [0.29, 0.717) is 0 Å². The van der Waals surface area contributed by atoms with Crippen LogP contribution in [0.25, 0.3) is 0 Å². The van der Waals surface area contributed by atoms with E-state index < -0.39 is 23.1 Å². The van der Waals surface area contributed by atoms with Crippen LogP contribution in [0.15, 0.2) is 35.5 Å². The number of esters is 2. The summed E-state index contributed by atoms with van der Waals surface area (Å²) in [5.41, 5.74) is 0.441. The molecule has 0 radical (unpaired) electrons. The molecule has 5 nitrogen and oxygen atoms in total. The molecule has 5 heteroatoms. The fourth-order valence-corrected chi connectivity index (χ4v) is 4.39. The fourth-order valence-electron chi connectivity index (χ4n) is 4.39. The Morgan fingerprint density at radius 2 is 2.04 bits per heavy atom. The molecule has 2 aliphatic carbocycles. The van der Waals surface area contributed by atoms with E-state index in [0.717, 1.165) is 18.4 Å². The van der Waals surface area contributed by atoms with Crippen LogP contribution in [0.5, 0.6) is 0 Å². The summed E-state index contributed by atoms with van der Waals surface area (Å²) >= 11 is 0. The molecule has 25 heavy (non-hydrogen) atoms. The lowest BCUT2D eigenvalue weighted by Crippen LogP contribution is -2.30. The smallest absolute Gasteiger partial charge is 0.307 e. The average Bonchev–Trinajstić information content (AvgIpc) is 2.90. The van der Waals surface area contributed by atoms with Gasteiger partial charge in [0.25, 0.3) is 0 Å². The van der Waals surface area contributed by atoms with E-state index in [1.807, 2.05) is 13.0 Å². The summed E-state index contributed by atoms with van der Waals surface area (Å²) in [5, 5.41) is 0. The van der Waals surface area contributed by atoms with Gasteiger partial charge < -0.3 is 9.47 Å². The minimum atomic E-state index is -0.972. The highest BCUT2D eigenvalue weighted by atomic mass is 16.6. The van der Waals surface area contributed by atoms with Gasteiger partial charge in [-0.2, -0.15) is 0 Å². The Labute approximate surface area is 147 Å². The van der Waals surface area contributed by atoms with E-state index in [-0.39, 0.29) is 24.1 Å². The van der Waals surface area contributed by atoms with Crippen molar-refractivity contribution in [1.82, 2.24) is 0 Å². The number of hydrogen-bond donors (Lipinski definition) is 0. The van der Waals surface area contributed by atoms with Gasteiger partial charge >= 0.3 is 11.9 Å². The molecule has 0 aromatic heterocycles. The Balaban J connectivity index is 1.90. The third-order valence-corrected chi connectivity index (χ3v) is 5.37. The van der Waals surface area contributed by atoms with E-state index in [1.165, 1.54) is 18.6 Å². The summed E-state index contributed by atoms with van der Waals surface area (Å²) in [6, 6.07) is 0. The van der Waals surface area contributed by atoms with Gasteiger partial charge in [-0.1, -0.05) is 17.2 Å². The van der Waals surface area contributed by atoms with Gasteiger partial charge in [-0.25, -0.2) is 0 Å². The van der Waals surface area contributed by atoms with E-state index >= 15 is 0 Å². The van der Waals surface area contributed by atoms with Crippen LogP contribution < -0.4 is 0 Å². The summed E-state index contributed by atoms with van der Waals surface area (Å²) in [6.45, 7) is 7.43. The van der Waals surface area contributed by atoms with Crippen molar-refractivity contribution in [3.8, 4) is 0 Å². The monoisotopic (exact) mass is 344 g/mol. The zero-order chi connectivity index (χ0) is 18.4. The van der Waals surface area contributed by atoms with Crippen molar-refractivity contribution < 1.29 is 23.9 Å². The first-order valence-corrected chi connectivity index (χ1v) is 8.66. The first-order chi connectivity index (χ1) is 11.7. The highest BCUT2D eigenvalue weighted by molar-refractivity contribution is 6.06. The predicted molar refractivity (Wildman–Crippen MR) is 91.5 cm³/mol. The second-order valence-corrected chi connectivity index (χ2v) is 7.50. The number of carbonyl (C=O) groups excluding carboxylic acids is 3. The van der Waals surface area contributed by atoms with Gasteiger partial charge in [-0.3, -0.25) is 14.4 Å². The first-order valence-electron chi connectivity index (χ1n) is 8.66. The topological polar surface area (TPSA) is 69.7 Å². The van der Waals surface area contributed by atoms with Crippen molar-refractivity contribution in [2.75, 3.05) is 0 Å². The maximum Gasteiger partial charge on any atom is 0.307 e. The van der Waals surface area contributed by atoms with E-state index in [1.54, 1.807) is 6.08 Å². The zero-order valence-electron chi connectivity index (χ0n) is 15.1. The Morgan fingerprint density at radius 1 is 1.32 bits per heavy atom. The highest BCUT2D eigenvalue weighted by Gasteiger charge is 2.88. The third-order valence-electron chi connectivity index (χ3n) is 5.37. The number of fused-ring (bicyclic) bond motifs is 1. The van der Waals surface area contributed by atoms with Crippen molar-refractivity contribution in [3.63, 3.8) is 0 Å². The minimum Gasteiger partial charge on any atom is -0.458 e. The lowest BCUT2D eigenvalue weighted by atomic mass is 9.87. The Morgan fingerprint density at radius 3 is 2.68 bits per heavy atom. The standard InChI is InChI=1S/C20H24O5/c1-12(2)6-5-7-13(3)10-20-18-15(24-14(4)21)8-9-16(22)19(18,20)11-17(23)25-20/h6,8-10,15,18H,5,7,11H2,1-4H3/b13-10+/t15-,18?,19?,20+/m1/s1. The lowest BCUT2D eigenvalue weighted by molar-refractivity contribution is -0.150. The second kappa shape index (κ2) is 5.97. The van der Waals surface area contributed by atoms with Crippen LogP contribution in [0.3, 0.4) is 0 Å². The van der Waals surface area contributed by atoms with Gasteiger partial charge in [0.05, 0.1) is 17.8 Å². The van der Waals surface area contributed by atoms with Gasteiger partial charge in [0, 0.05) is 6.92 Å². The molecule has 1 spiro atoms. The van der Waals surface area contributed by atoms with Crippen LogP contribution in [0.4, 0.5) is 0 Å². The Kier molecular flexibility index (Phi) is 4.21. The molecule has 1 heterocycles. The first kappa shape index (κ1) is 17.6. The number of hydrogen-bond acceptors (Lipinski definition) is 5. The summed E-state index contributed by atoms with van der Waals surface area (Å²) in [7, 11) is 0. The number of rotatable bonds is 5. The largest absolute Gasteiger partial charge is 0.458 e. The number of carbonyl (C=O) groups is 3. The average molecular weight is 344 g/mol. The molecule has 2 unspecified atom stereocenters. The lowest BCUT2D eigenvalue weighted by Gasteiger charge is -2.21. The summed E-state index contributed by atoms with van der Waals surface area (Å²) < 4.78 is 11.0. The molecule has 0 amide bonds. The molecule has 1 aliphatic heterocycles. The molecule has 3 rings (SSSR count). The number of allylic oxidation sites excluding steroid dienone is 4. The molecule has 1 saturated heterocycles. The molecule has 0 aromatic carbocycles. The van der Waals surface area contributed by atoms with Gasteiger partial charge in [-0.15, -0.1) is 0 Å². The van der Waals surface area contributed by atoms with Crippen molar-refractivity contribution >= 4 is 17.7 Å². The van der Waals surface area contributed by atoms with Crippen LogP contribution in [0.2, 0.25) is 0 Å². The molecular formula is C20H24O5. The van der Waals surface area contributed by atoms with Gasteiger partial charge in [0.1, 0.15) is 6.10 Å². The minimum absolute atomic E-state index is 0.0519. The molecule has 2 fully saturated rings. The molecule has 134 valence electrons. The highest BCUT2D eigenvalue weighted by Crippen LogP contribution is 2.74. The van der Waals surface area contributed by atoms with E-state index in [9.17, 15) is 14.4 Å². The van der Waals surface area contributed by atoms with Gasteiger partial charge in [-0.05, 0) is 51.8 Å². The van der Waals surface area contributed by atoms with Crippen molar-refractivity contribution in [3.05, 3.63) is 35.5 Å². The molecule has 4 atom stereocenters. The van der Waals surface area contributed by atoms with Gasteiger partial charge in [0.2, 0.25) is 0 Å². The third kappa shape index (κ3) is 2.66. The molecular weight excluding hydrogens is 320 g/mol. The Hall–Kier alpha value is -2.17. The molecule has 0 aromatic rings. The van der Waals surface area contributed by atoms with Gasteiger partial charge in [0.15, 0.2) is 11.4 Å². The van der Waals surface area contributed by atoms with E-state index in [2.05, 4.69) is 19.9 Å². The van der Waals surface area contributed by atoms with E-state index in [4.69, 9.17) is 9.47 Å². The summed E-state index contributed by atoms with van der Waals surface area (Å²) in [6.07, 6.45) is 8.35. The van der Waals surface area contributed by atoms with Crippen LogP contribution in [0, 0.1) is 11.3 Å². The van der Waals surface area contributed by atoms with Crippen molar-refractivity contribution in [2.24, 2.45) is 11.3 Å². The fraction of sp³-hybridized carbons (Fsp3) is 0.550. The molecule has 1 saturated carbocycles. The van der Waals surface area contributed by atoms with Crippen LogP contribution in [0.1, 0.15) is 47.0 Å². The number of ketones is 1. The maximum atomic E-state index is 12.6. The molecule has 3 aliphatic rings. The van der Waals surface area contributed by atoms with Crippen LogP contribution in [-0.2, 0) is 23.9 Å². The maximum absolute atomic E-state index is 12.6. The van der Waals surface area contributed by atoms with Crippen LogP contribution >= 0.6 is 0 Å². The number of ether oxygens (including phenoxy) is 2. The quantitative estimate of drug-likeness (QED) is 0.566. The zero-order valence-corrected chi connectivity index (χ0v) is 15.1. The Bertz CT molecular complexity index is 724. The summed E-state index contributed by atoms with van der Waals surface area (Å²) in [5.74, 6) is -1.21. The molecule has 0 N–H and O–H groups in total. The normalized spacial score (nSPS) is 35.6. The molecule has 0 bridgehead atoms. The summed E-state index contributed by atoms with van der Waals surface area (Å²) in [4.78, 5) is 36.0. The predicted octanol–water partition coefficient (Wildman–Crippen LogP) is 3.05.